The molecule has 2 aromatic carbocycles. The second-order valence-electron chi connectivity index (χ2n) is 7.18. The summed E-state index contributed by atoms with van der Waals surface area (Å²) in [5.74, 6) is -1.47. The van der Waals surface area contributed by atoms with Crippen LogP contribution in [0.4, 0.5) is 4.39 Å². The Hall–Kier alpha value is -3.52. The number of aliphatic carboxylic acids is 1. The van der Waals surface area contributed by atoms with E-state index in [4.69, 9.17) is 0 Å². The standard InChI is InChI=1S/C23H19FN2O4S/c1-15-19(20-12-17(24)7-8-21(20)26(15)14-23(27)28)11-16-9-10-25-13-22(16)31(29,30)18-5-3-2-4-6-18/h2-10,12-13H,11,14H2,1H3,(H,27,28). The zero-order chi connectivity index (χ0) is 22.2. The third-order valence-corrected chi connectivity index (χ3v) is 7.13. The van der Waals surface area contributed by atoms with Crippen LogP contribution in [0.5, 0.6) is 0 Å². The van der Waals surface area contributed by atoms with Gasteiger partial charge in [-0.2, -0.15) is 0 Å². The van der Waals surface area contributed by atoms with Gasteiger partial charge in [-0.1, -0.05) is 18.2 Å². The van der Waals surface area contributed by atoms with Gasteiger partial charge in [0, 0.05) is 35.4 Å². The third kappa shape index (κ3) is 3.82. The van der Waals surface area contributed by atoms with Gasteiger partial charge < -0.3 is 9.67 Å². The molecule has 2 aromatic heterocycles. The number of carbonyl (C=O) groups is 1. The van der Waals surface area contributed by atoms with E-state index in [0.717, 1.165) is 0 Å². The Balaban J connectivity index is 1.88. The molecule has 0 radical (unpaired) electrons. The van der Waals surface area contributed by atoms with Crippen molar-refractivity contribution >= 4 is 26.7 Å². The van der Waals surface area contributed by atoms with Crippen LogP contribution >= 0.6 is 0 Å². The summed E-state index contributed by atoms with van der Waals surface area (Å²) in [6.45, 7) is 1.47. The molecule has 0 atom stereocenters. The van der Waals surface area contributed by atoms with E-state index in [-0.39, 0.29) is 22.8 Å². The number of sulfone groups is 1. The molecule has 4 rings (SSSR count). The number of rotatable bonds is 6. The molecule has 8 heteroatoms. The second kappa shape index (κ2) is 7.96. The largest absolute Gasteiger partial charge is 0.480 e. The number of carboxylic acids is 1. The second-order valence-corrected chi connectivity index (χ2v) is 9.10. The number of hydrogen-bond donors (Lipinski definition) is 1. The Kier molecular flexibility index (Phi) is 5.32. The van der Waals surface area contributed by atoms with Gasteiger partial charge in [-0.25, -0.2) is 12.8 Å². The van der Waals surface area contributed by atoms with E-state index in [1.807, 2.05) is 0 Å². The maximum absolute atomic E-state index is 14.0. The van der Waals surface area contributed by atoms with E-state index in [9.17, 15) is 22.7 Å². The van der Waals surface area contributed by atoms with E-state index in [1.165, 1.54) is 42.7 Å². The Bertz CT molecular complexity index is 1400. The highest BCUT2D eigenvalue weighted by Gasteiger charge is 2.24. The van der Waals surface area contributed by atoms with Gasteiger partial charge in [-0.15, -0.1) is 0 Å². The molecule has 0 bridgehead atoms. The molecule has 0 aliphatic heterocycles. The van der Waals surface area contributed by atoms with Crippen molar-refractivity contribution in [2.24, 2.45) is 0 Å². The summed E-state index contributed by atoms with van der Waals surface area (Å²) < 4.78 is 42.0. The van der Waals surface area contributed by atoms with E-state index in [0.29, 0.717) is 27.7 Å². The number of halogens is 1. The molecule has 0 amide bonds. The van der Waals surface area contributed by atoms with Gasteiger partial charge >= 0.3 is 5.97 Å². The number of carboxylic acid groups (broad SMARTS) is 1. The van der Waals surface area contributed by atoms with Crippen LogP contribution in [0.2, 0.25) is 0 Å². The lowest BCUT2D eigenvalue weighted by molar-refractivity contribution is -0.137. The minimum Gasteiger partial charge on any atom is -0.480 e. The van der Waals surface area contributed by atoms with Crippen molar-refractivity contribution < 1.29 is 22.7 Å². The minimum atomic E-state index is -3.81. The van der Waals surface area contributed by atoms with Gasteiger partial charge in [0.1, 0.15) is 12.4 Å². The molecule has 0 aliphatic rings. The predicted molar refractivity (Wildman–Crippen MR) is 113 cm³/mol. The van der Waals surface area contributed by atoms with Gasteiger partial charge in [-0.05, 0) is 54.4 Å². The maximum atomic E-state index is 14.0. The quantitative estimate of drug-likeness (QED) is 0.492. The molecule has 0 fully saturated rings. The first-order valence-electron chi connectivity index (χ1n) is 9.51. The van der Waals surface area contributed by atoms with Crippen LogP contribution < -0.4 is 0 Å². The van der Waals surface area contributed by atoms with Gasteiger partial charge in [-0.3, -0.25) is 9.78 Å². The normalized spacial score (nSPS) is 11.7. The first kappa shape index (κ1) is 20.7. The van der Waals surface area contributed by atoms with Crippen molar-refractivity contribution in [3.8, 4) is 0 Å². The van der Waals surface area contributed by atoms with Crippen LogP contribution in [0.25, 0.3) is 10.9 Å². The minimum absolute atomic E-state index is 0.0659. The fourth-order valence-electron chi connectivity index (χ4n) is 3.80. The molecule has 4 aromatic rings. The zero-order valence-electron chi connectivity index (χ0n) is 16.6. The van der Waals surface area contributed by atoms with Crippen LogP contribution in [0.3, 0.4) is 0 Å². The summed E-state index contributed by atoms with van der Waals surface area (Å²) >= 11 is 0. The number of nitrogens with zero attached hydrogens (tertiary/aromatic N) is 2. The molecule has 0 saturated carbocycles. The van der Waals surface area contributed by atoms with Crippen LogP contribution in [0.15, 0.2) is 76.8 Å². The van der Waals surface area contributed by atoms with E-state index in [1.54, 1.807) is 35.8 Å². The molecule has 2 heterocycles. The molecule has 1 N–H and O–H groups in total. The Morgan fingerprint density at radius 3 is 2.58 bits per heavy atom. The number of benzene rings is 2. The van der Waals surface area contributed by atoms with Crippen LogP contribution in [-0.2, 0) is 27.6 Å². The lowest BCUT2D eigenvalue weighted by atomic mass is 10.0. The van der Waals surface area contributed by atoms with Crippen molar-refractivity contribution in [1.82, 2.24) is 9.55 Å². The summed E-state index contributed by atoms with van der Waals surface area (Å²) in [6.07, 6.45) is 3.00. The summed E-state index contributed by atoms with van der Waals surface area (Å²) in [4.78, 5) is 15.6. The average Bonchev–Trinajstić information content (AvgIpc) is 2.99. The fraction of sp³-hybridized carbons (Fsp3) is 0.130. The Morgan fingerprint density at radius 1 is 1.13 bits per heavy atom. The van der Waals surface area contributed by atoms with Gasteiger partial charge in [0.15, 0.2) is 0 Å². The smallest absolute Gasteiger partial charge is 0.323 e. The van der Waals surface area contributed by atoms with Crippen molar-refractivity contribution in [3.63, 3.8) is 0 Å². The van der Waals surface area contributed by atoms with Crippen LogP contribution in [0.1, 0.15) is 16.8 Å². The maximum Gasteiger partial charge on any atom is 0.323 e. The summed E-state index contributed by atoms with van der Waals surface area (Å²) in [7, 11) is -3.81. The van der Waals surface area contributed by atoms with E-state index < -0.39 is 21.6 Å². The lowest BCUT2D eigenvalue weighted by Crippen LogP contribution is -2.10. The van der Waals surface area contributed by atoms with Crippen molar-refractivity contribution in [1.29, 1.82) is 0 Å². The van der Waals surface area contributed by atoms with Gasteiger partial charge in [0.25, 0.3) is 0 Å². The van der Waals surface area contributed by atoms with Gasteiger partial charge in [0.2, 0.25) is 9.84 Å². The van der Waals surface area contributed by atoms with Crippen LogP contribution in [0, 0.1) is 12.7 Å². The summed E-state index contributed by atoms with van der Waals surface area (Å²) in [6, 6.07) is 13.9. The third-order valence-electron chi connectivity index (χ3n) is 5.29. The molecular formula is C23H19FN2O4S. The Morgan fingerprint density at radius 2 is 1.87 bits per heavy atom. The highest BCUT2D eigenvalue weighted by atomic mass is 32.2. The average molecular weight is 438 g/mol. The monoisotopic (exact) mass is 438 g/mol. The number of hydrogen-bond acceptors (Lipinski definition) is 4. The molecule has 158 valence electrons. The first-order valence-corrected chi connectivity index (χ1v) is 11.0. The van der Waals surface area contributed by atoms with Crippen LogP contribution in [-0.4, -0.2) is 29.0 Å². The van der Waals surface area contributed by atoms with Crippen molar-refractivity contribution in [3.05, 3.63) is 89.6 Å². The lowest BCUT2D eigenvalue weighted by Gasteiger charge is -2.11. The van der Waals surface area contributed by atoms with E-state index in [2.05, 4.69) is 4.98 Å². The fourth-order valence-corrected chi connectivity index (χ4v) is 5.25. The predicted octanol–water partition coefficient (Wildman–Crippen LogP) is 3.99. The van der Waals surface area contributed by atoms with Crippen molar-refractivity contribution in [2.75, 3.05) is 0 Å². The van der Waals surface area contributed by atoms with Crippen molar-refractivity contribution in [2.45, 2.75) is 29.7 Å². The molecule has 0 aliphatic carbocycles. The molecule has 0 unspecified atom stereocenters. The zero-order valence-corrected chi connectivity index (χ0v) is 17.4. The van der Waals surface area contributed by atoms with Gasteiger partial charge in [0.05, 0.1) is 9.79 Å². The molecule has 0 saturated heterocycles. The highest BCUT2D eigenvalue weighted by molar-refractivity contribution is 7.91. The Labute approximate surface area is 178 Å². The highest BCUT2D eigenvalue weighted by Crippen LogP contribution is 2.31. The molecule has 0 spiro atoms. The van der Waals surface area contributed by atoms with E-state index >= 15 is 0 Å². The molecular weight excluding hydrogens is 419 g/mol. The number of fused-ring (bicyclic) bond motifs is 1. The summed E-state index contributed by atoms with van der Waals surface area (Å²) in [5.41, 5.74) is 2.40. The topological polar surface area (TPSA) is 89.3 Å². The number of pyridine rings is 1. The first-order chi connectivity index (χ1) is 14.8. The molecule has 31 heavy (non-hydrogen) atoms. The molecule has 6 nitrogen and oxygen atoms in total. The number of aromatic nitrogens is 2. The summed E-state index contributed by atoms with van der Waals surface area (Å²) in [5, 5.41) is 9.85. The SMILES string of the molecule is Cc1c(Cc2ccncc2S(=O)(=O)c2ccccc2)c2cc(F)ccc2n1CC(=O)O.